The number of pyridine rings is 1. The molecule has 2 saturated heterocycles. The monoisotopic (exact) mass is 392 g/mol. The minimum absolute atomic E-state index is 0.254. The Morgan fingerprint density at radius 3 is 2.97 bits per heavy atom. The number of hydrogen-bond acceptors (Lipinski definition) is 6. The predicted molar refractivity (Wildman–Crippen MR) is 109 cm³/mol. The first-order valence-corrected chi connectivity index (χ1v) is 10.1. The van der Waals surface area contributed by atoms with E-state index in [0.717, 1.165) is 54.2 Å². The van der Waals surface area contributed by atoms with E-state index in [1.807, 2.05) is 12.3 Å². The van der Waals surface area contributed by atoms with Gasteiger partial charge in [-0.25, -0.2) is 4.98 Å². The van der Waals surface area contributed by atoms with E-state index in [2.05, 4.69) is 45.0 Å². The molecule has 1 N–H and O–H groups in total. The van der Waals surface area contributed by atoms with Crippen molar-refractivity contribution in [3.8, 4) is 17.7 Å². The molecule has 0 aliphatic carbocycles. The van der Waals surface area contributed by atoms with Crippen molar-refractivity contribution in [1.29, 1.82) is 0 Å². The predicted octanol–water partition coefficient (Wildman–Crippen LogP) is 2.15. The van der Waals surface area contributed by atoms with E-state index in [9.17, 15) is 0 Å². The highest BCUT2D eigenvalue weighted by Crippen LogP contribution is 2.26. The molecule has 2 atom stereocenters. The Bertz CT molecular complexity index is 1040. The zero-order chi connectivity index (χ0) is 19.6. The molecule has 3 aromatic heterocycles. The van der Waals surface area contributed by atoms with Gasteiger partial charge in [-0.3, -0.25) is 5.10 Å². The van der Waals surface area contributed by atoms with Gasteiger partial charge in [0.2, 0.25) is 0 Å². The van der Waals surface area contributed by atoms with Gasteiger partial charge in [-0.05, 0) is 25.8 Å². The van der Waals surface area contributed by atoms with Crippen molar-refractivity contribution in [2.24, 2.45) is 5.92 Å². The molecule has 3 aromatic rings. The van der Waals surface area contributed by atoms with Gasteiger partial charge in [-0.1, -0.05) is 11.8 Å². The second-order valence-corrected chi connectivity index (χ2v) is 7.56. The summed E-state index contributed by atoms with van der Waals surface area (Å²) >= 11 is 0. The van der Waals surface area contributed by atoms with Crippen molar-refractivity contribution in [3.63, 3.8) is 0 Å². The molecule has 1 unspecified atom stereocenters. The van der Waals surface area contributed by atoms with Crippen molar-refractivity contribution < 1.29 is 9.47 Å². The molecule has 0 radical (unpaired) electrons. The van der Waals surface area contributed by atoms with Gasteiger partial charge < -0.3 is 14.4 Å². The molecule has 29 heavy (non-hydrogen) atoms. The lowest BCUT2D eigenvalue weighted by atomic mass is 10.0. The minimum Gasteiger partial charge on any atom is -0.380 e. The number of H-pyrrole nitrogens is 1. The highest BCUT2D eigenvalue weighted by atomic mass is 16.5. The van der Waals surface area contributed by atoms with E-state index in [4.69, 9.17) is 14.5 Å². The van der Waals surface area contributed by atoms with Gasteiger partial charge in [0.05, 0.1) is 43.6 Å². The fraction of sp³-hybridized carbons (Fsp3) is 0.476. The number of ether oxygens (including phenoxy) is 2. The Balaban J connectivity index is 1.61. The first-order valence-electron chi connectivity index (χ1n) is 10.1. The van der Waals surface area contributed by atoms with Crippen molar-refractivity contribution in [2.45, 2.75) is 25.8 Å². The fourth-order valence-corrected chi connectivity index (χ4v) is 3.88. The van der Waals surface area contributed by atoms with Crippen LogP contribution in [-0.2, 0) is 9.47 Å². The highest BCUT2D eigenvalue weighted by molar-refractivity contribution is 5.85. The Hall–Kier alpha value is -2.89. The van der Waals surface area contributed by atoms with E-state index < -0.39 is 0 Å². The van der Waals surface area contributed by atoms with Gasteiger partial charge in [0.15, 0.2) is 11.5 Å². The van der Waals surface area contributed by atoms with Crippen LogP contribution in [-0.4, -0.2) is 64.0 Å². The van der Waals surface area contributed by atoms with Crippen LogP contribution in [0.15, 0.2) is 24.5 Å². The van der Waals surface area contributed by atoms with Gasteiger partial charge in [-0.2, -0.15) is 14.9 Å². The molecule has 0 bridgehead atoms. The molecule has 0 saturated carbocycles. The molecular formula is C21H24N6O2. The van der Waals surface area contributed by atoms with E-state index in [1.165, 1.54) is 0 Å². The largest absolute Gasteiger partial charge is 0.380 e. The number of morpholine rings is 1. The summed E-state index contributed by atoms with van der Waals surface area (Å²) in [5, 5.41) is 12.5. The molecule has 2 aliphatic rings. The van der Waals surface area contributed by atoms with Crippen LogP contribution in [0.25, 0.3) is 16.9 Å². The third-order valence-corrected chi connectivity index (χ3v) is 5.48. The number of anilines is 1. The van der Waals surface area contributed by atoms with E-state index in [1.54, 1.807) is 10.9 Å². The molecule has 8 heteroatoms. The maximum Gasteiger partial charge on any atom is 0.168 e. The zero-order valence-electron chi connectivity index (χ0n) is 16.5. The number of nitrogens with zero attached hydrogens (tertiary/aromatic N) is 5. The van der Waals surface area contributed by atoms with Crippen molar-refractivity contribution >= 4 is 16.9 Å². The SMILES string of the molecule is C[C@@H]1COCCN1c1cc(C#CC2CCCOC2)c2cnn(-c3ccn[nH]3)c2n1. The van der Waals surface area contributed by atoms with E-state index in [-0.39, 0.29) is 12.0 Å². The maximum atomic E-state index is 5.60. The number of rotatable bonds is 2. The van der Waals surface area contributed by atoms with Crippen LogP contribution in [0, 0.1) is 17.8 Å². The molecule has 150 valence electrons. The number of nitrogens with one attached hydrogen (secondary N) is 1. The molecule has 2 fully saturated rings. The fourth-order valence-electron chi connectivity index (χ4n) is 3.88. The summed E-state index contributed by atoms with van der Waals surface area (Å²) in [5.74, 6) is 8.77. The summed E-state index contributed by atoms with van der Waals surface area (Å²) in [7, 11) is 0. The molecule has 2 aliphatic heterocycles. The molecule has 5 rings (SSSR count). The van der Waals surface area contributed by atoms with Crippen LogP contribution in [0.5, 0.6) is 0 Å². The topological polar surface area (TPSA) is 81.1 Å². The Morgan fingerprint density at radius 2 is 2.17 bits per heavy atom. The lowest BCUT2D eigenvalue weighted by molar-refractivity contribution is 0.0740. The molecule has 0 amide bonds. The summed E-state index contributed by atoms with van der Waals surface area (Å²) in [6.07, 6.45) is 5.69. The second kappa shape index (κ2) is 7.85. The van der Waals surface area contributed by atoms with Crippen molar-refractivity contribution in [2.75, 3.05) is 37.9 Å². The van der Waals surface area contributed by atoms with E-state index >= 15 is 0 Å². The number of aromatic amines is 1. The summed E-state index contributed by atoms with van der Waals surface area (Å²) in [6, 6.07) is 4.22. The van der Waals surface area contributed by atoms with Crippen molar-refractivity contribution in [3.05, 3.63) is 30.1 Å². The normalized spacial score (nSPS) is 22.4. The lowest BCUT2D eigenvalue weighted by Crippen LogP contribution is -2.44. The minimum atomic E-state index is 0.254. The first kappa shape index (κ1) is 18.2. The third kappa shape index (κ3) is 3.59. The summed E-state index contributed by atoms with van der Waals surface area (Å²) in [5.41, 5.74) is 1.72. The Kier molecular flexibility index (Phi) is 4.92. The summed E-state index contributed by atoms with van der Waals surface area (Å²) in [6.45, 7) is 5.91. The summed E-state index contributed by atoms with van der Waals surface area (Å²) < 4.78 is 13.0. The van der Waals surface area contributed by atoms with Crippen LogP contribution >= 0.6 is 0 Å². The smallest absolute Gasteiger partial charge is 0.168 e. The molecule has 0 aromatic carbocycles. The van der Waals surface area contributed by atoms with Crippen molar-refractivity contribution in [1.82, 2.24) is 25.0 Å². The average Bonchev–Trinajstić information content (AvgIpc) is 3.42. The average molecular weight is 392 g/mol. The van der Waals surface area contributed by atoms with Crippen LogP contribution in [0.2, 0.25) is 0 Å². The highest BCUT2D eigenvalue weighted by Gasteiger charge is 2.23. The zero-order valence-corrected chi connectivity index (χ0v) is 16.5. The van der Waals surface area contributed by atoms with Crippen LogP contribution in [0.4, 0.5) is 5.82 Å². The van der Waals surface area contributed by atoms with E-state index in [0.29, 0.717) is 19.8 Å². The maximum absolute atomic E-state index is 5.60. The van der Waals surface area contributed by atoms with Gasteiger partial charge in [-0.15, -0.1) is 0 Å². The number of aromatic nitrogens is 5. The number of fused-ring (bicyclic) bond motifs is 1. The Morgan fingerprint density at radius 1 is 1.24 bits per heavy atom. The number of hydrogen-bond donors (Lipinski definition) is 1. The molecule has 8 nitrogen and oxygen atoms in total. The second-order valence-electron chi connectivity index (χ2n) is 7.56. The standard InChI is InChI=1S/C21H24N6O2/c1-15-13-29-10-8-26(15)20-11-17(5-4-16-3-2-9-28-14-16)18-12-23-27(21(18)24-20)19-6-7-22-25-19/h6-7,11-12,15-16H,2-3,8-10,13-14H2,1H3,(H,22,25)/t15-,16?/m1/s1. The third-order valence-electron chi connectivity index (χ3n) is 5.48. The van der Waals surface area contributed by atoms with Gasteiger partial charge >= 0.3 is 0 Å². The quantitative estimate of drug-likeness (QED) is 0.673. The molecular weight excluding hydrogens is 368 g/mol. The molecule has 0 spiro atoms. The van der Waals surface area contributed by atoms with Crippen LogP contribution in [0.1, 0.15) is 25.3 Å². The summed E-state index contributed by atoms with van der Waals surface area (Å²) in [4.78, 5) is 7.23. The van der Waals surface area contributed by atoms with Gasteiger partial charge in [0.25, 0.3) is 0 Å². The first-order chi connectivity index (χ1) is 14.3. The van der Waals surface area contributed by atoms with Crippen LogP contribution in [0.3, 0.4) is 0 Å². The Labute approximate surface area is 169 Å². The van der Waals surface area contributed by atoms with Gasteiger partial charge in [0.1, 0.15) is 5.82 Å². The lowest BCUT2D eigenvalue weighted by Gasteiger charge is -2.34. The molecule has 5 heterocycles. The van der Waals surface area contributed by atoms with Crippen LogP contribution < -0.4 is 4.90 Å². The van der Waals surface area contributed by atoms with Gasteiger partial charge in [0, 0.05) is 30.7 Å².